The summed E-state index contributed by atoms with van der Waals surface area (Å²) in [6.07, 6.45) is 1.78. The van der Waals surface area contributed by atoms with Gasteiger partial charge < -0.3 is 14.1 Å². The molecule has 0 N–H and O–H groups in total. The second-order valence-electron chi connectivity index (χ2n) is 6.73. The molecule has 1 aliphatic heterocycles. The maximum Gasteiger partial charge on any atom is 0.410 e. The molecule has 1 fully saturated rings. The van der Waals surface area contributed by atoms with Crippen LogP contribution in [-0.2, 0) is 4.74 Å². The maximum atomic E-state index is 12.3. The van der Waals surface area contributed by atoms with E-state index in [0.717, 1.165) is 36.2 Å². The van der Waals surface area contributed by atoms with Crippen LogP contribution in [0.5, 0.6) is 0 Å². The number of rotatable bonds is 3. The summed E-state index contributed by atoms with van der Waals surface area (Å²) in [5.74, 6) is 0.770. The van der Waals surface area contributed by atoms with E-state index in [2.05, 4.69) is 4.98 Å². The Kier molecular flexibility index (Phi) is 4.53. The number of likely N-dealkylation sites (tertiary alicyclic amines) is 1. The van der Waals surface area contributed by atoms with Gasteiger partial charge in [0.05, 0.1) is 0 Å². The average Bonchev–Trinajstić information content (AvgIpc) is 3.09. The number of ether oxygens (including phenoxy) is 1. The number of para-hydroxylation sites is 2. The van der Waals surface area contributed by atoms with Crippen LogP contribution in [0.4, 0.5) is 4.79 Å². The molecule has 124 valence electrons. The van der Waals surface area contributed by atoms with Gasteiger partial charge in [-0.2, -0.15) is 0 Å². The molecule has 3 rings (SSSR count). The van der Waals surface area contributed by atoms with E-state index >= 15 is 0 Å². The Bertz CT molecular complexity index is 659. The third kappa shape index (κ3) is 3.99. The monoisotopic (exact) mass is 334 g/mol. The fourth-order valence-corrected chi connectivity index (χ4v) is 3.64. The molecule has 6 heteroatoms. The molecule has 0 spiro atoms. The standard InChI is InChI=1S/C17H22N2O3S/c1-17(2,3)22-16(20)19-10-6-7-12(19)11-23-15-18-13-8-4-5-9-14(13)21-15/h4-5,8-9,12H,6-7,10-11H2,1-3H3. The van der Waals surface area contributed by atoms with Crippen LogP contribution >= 0.6 is 11.8 Å². The fraction of sp³-hybridized carbons (Fsp3) is 0.529. The topological polar surface area (TPSA) is 55.6 Å². The van der Waals surface area contributed by atoms with Crippen molar-refractivity contribution in [2.24, 2.45) is 0 Å². The zero-order valence-electron chi connectivity index (χ0n) is 13.7. The number of amides is 1. The molecule has 1 aromatic heterocycles. The number of hydrogen-bond acceptors (Lipinski definition) is 5. The number of benzene rings is 1. The van der Waals surface area contributed by atoms with E-state index in [-0.39, 0.29) is 12.1 Å². The lowest BCUT2D eigenvalue weighted by molar-refractivity contribution is 0.0242. The van der Waals surface area contributed by atoms with Crippen LogP contribution in [0.25, 0.3) is 11.1 Å². The van der Waals surface area contributed by atoms with Crippen molar-refractivity contribution >= 4 is 29.0 Å². The Morgan fingerprint density at radius 3 is 2.96 bits per heavy atom. The number of carbonyl (C=O) groups excluding carboxylic acids is 1. The predicted molar refractivity (Wildman–Crippen MR) is 90.7 cm³/mol. The van der Waals surface area contributed by atoms with Gasteiger partial charge in [0.15, 0.2) is 5.58 Å². The SMILES string of the molecule is CC(C)(C)OC(=O)N1CCCC1CSc1nc2ccccc2o1. The number of carbonyl (C=O) groups is 1. The molecule has 1 atom stereocenters. The molecular formula is C17H22N2O3S. The minimum atomic E-state index is -0.461. The first-order chi connectivity index (χ1) is 10.9. The van der Waals surface area contributed by atoms with Crippen molar-refractivity contribution in [2.45, 2.75) is 50.5 Å². The molecule has 1 saturated heterocycles. The Labute approximate surface area is 140 Å². The summed E-state index contributed by atoms with van der Waals surface area (Å²) in [7, 11) is 0. The third-order valence-corrected chi connectivity index (χ3v) is 4.65. The highest BCUT2D eigenvalue weighted by Crippen LogP contribution is 2.28. The van der Waals surface area contributed by atoms with Crippen molar-refractivity contribution in [1.82, 2.24) is 9.88 Å². The number of oxazole rings is 1. The highest BCUT2D eigenvalue weighted by Gasteiger charge is 2.32. The van der Waals surface area contributed by atoms with Crippen molar-refractivity contribution in [3.05, 3.63) is 24.3 Å². The first-order valence-corrected chi connectivity index (χ1v) is 8.89. The van der Waals surface area contributed by atoms with Gasteiger partial charge in [0.1, 0.15) is 11.1 Å². The molecule has 2 aromatic rings. The average molecular weight is 334 g/mol. The van der Waals surface area contributed by atoms with Gasteiger partial charge in [-0.25, -0.2) is 9.78 Å². The van der Waals surface area contributed by atoms with Crippen molar-refractivity contribution in [2.75, 3.05) is 12.3 Å². The Hall–Kier alpha value is -1.69. The van der Waals surface area contributed by atoms with Crippen LogP contribution in [0.2, 0.25) is 0 Å². The number of aromatic nitrogens is 1. The molecule has 5 nitrogen and oxygen atoms in total. The lowest BCUT2D eigenvalue weighted by Crippen LogP contribution is -2.40. The summed E-state index contributed by atoms with van der Waals surface area (Å²) in [6.45, 7) is 6.43. The summed E-state index contributed by atoms with van der Waals surface area (Å²) in [6, 6.07) is 7.90. The first kappa shape index (κ1) is 16.2. The third-order valence-electron chi connectivity index (χ3n) is 3.68. The lowest BCUT2D eigenvalue weighted by atomic mass is 10.2. The molecule has 0 bridgehead atoms. The molecule has 1 aromatic carbocycles. The van der Waals surface area contributed by atoms with Gasteiger partial charge in [0, 0.05) is 18.3 Å². The molecule has 1 unspecified atom stereocenters. The highest BCUT2D eigenvalue weighted by molar-refractivity contribution is 7.99. The van der Waals surface area contributed by atoms with E-state index in [1.807, 2.05) is 49.9 Å². The Balaban J connectivity index is 1.61. The van der Waals surface area contributed by atoms with E-state index in [1.54, 1.807) is 11.8 Å². The van der Waals surface area contributed by atoms with Crippen molar-refractivity contribution in [1.29, 1.82) is 0 Å². The van der Waals surface area contributed by atoms with Crippen molar-refractivity contribution < 1.29 is 13.9 Å². The van der Waals surface area contributed by atoms with Crippen LogP contribution in [0.15, 0.2) is 33.9 Å². The van der Waals surface area contributed by atoms with Crippen LogP contribution in [-0.4, -0.2) is 39.9 Å². The quantitative estimate of drug-likeness (QED) is 0.783. The number of hydrogen-bond donors (Lipinski definition) is 0. The minimum Gasteiger partial charge on any atom is -0.444 e. The van der Waals surface area contributed by atoms with Gasteiger partial charge >= 0.3 is 6.09 Å². The molecule has 2 heterocycles. The number of fused-ring (bicyclic) bond motifs is 1. The van der Waals surface area contributed by atoms with Gasteiger partial charge in [0.25, 0.3) is 5.22 Å². The van der Waals surface area contributed by atoms with Gasteiger partial charge in [-0.15, -0.1) is 0 Å². The van der Waals surface area contributed by atoms with Crippen LogP contribution in [0.3, 0.4) is 0 Å². The molecule has 0 radical (unpaired) electrons. The summed E-state index contributed by atoms with van der Waals surface area (Å²) in [5.41, 5.74) is 1.20. The van der Waals surface area contributed by atoms with Gasteiger partial charge in [-0.1, -0.05) is 23.9 Å². The Morgan fingerprint density at radius 2 is 2.22 bits per heavy atom. The fourth-order valence-electron chi connectivity index (χ4n) is 2.65. The maximum absolute atomic E-state index is 12.3. The highest BCUT2D eigenvalue weighted by atomic mass is 32.2. The molecular weight excluding hydrogens is 312 g/mol. The Morgan fingerprint density at radius 1 is 1.43 bits per heavy atom. The van der Waals surface area contributed by atoms with Crippen LogP contribution in [0.1, 0.15) is 33.6 Å². The zero-order chi connectivity index (χ0) is 16.4. The van der Waals surface area contributed by atoms with Gasteiger partial charge in [0.2, 0.25) is 0 Å². The summed E-state index contributed by atoms with van der Waals surface area (Å²) in [5, 5.41) is 0.655. The molecule has 1 aliphatic rings. The molecule has 23 heavy (non-hydrogen) atoms. The van der Waals surface area contributed by atoms with E-state index in [0.29, 0.717) is 5.22 Å². The summed E-state index contributed by atoms with van der Waals surface area (Å²) < 4.78 is 11.2. The number of thioether (sulfide) groups is 1. The molecule has 0 aliphatic carbocycles. The van der Waals surface area contributed by atoms with Gasteiger partial charge in [-0.05, 0) is 45.7 Å². The molecule has 0 saturated carbocycles. The van der Waals surface area contributed by atoms with Crippen LogP contribution < -0.4 is 0 Å². The van der Waals surface area contributed by atoms with Gasteiger partial charge in [-0.3, -0.25) is 0 Å². The minimum absolute atomic E-state index is 0.171. The number of nitrogens with zero attached hydrogens (tertiary/aromatic N) is 2. The molecule has 1 amide bonds. The summed E-state index contributed by atoms with van der Waals surface area (Å²) in [4.78, 5) is 18.6. The predicted octanol–water partition coefficient (Wildman–Crippen LogP) is 4.32. The summed E-state index contributed by atoms with van der Waals surface area (Å²) >= 11 is 1.56. The smallest absolute Gasteiger partial charge is 0.410 e. The second-order valence-corrected chi connectivity index (χ2v) is 7.70. The van der Waals surface area contributed by atoms with E-state index in [4.69, 9.17) is 9.15 Å². The van der Waals surface area contributed by atoms with Crippen molar-refractivity contribution in [3.8, 4) is 0 Å². The lowest BCUT2D eigenvalue weighted by Gasteiger charge is -2.28. The largest absolute Gasteiger partial charge is 0.444 e. The van der Waals surface area contributed by atoms with E-state index in [9.17, 15) is 4.79 Å². The van der Waals surface area contributed by atoms with E-state index < -0.39 is 5.60 Å². The normalized spacial score (nSPS) is 18.6. The van der Waals surface area contributed by atoms with Crippen molar-refractivity contribution in [3.63, 3.8) is 0 Å². The zero-order valence-corrected chi connectivity index (χ0v) is 14.6. The van der Waals surface area contributed by atoms with Crippen LogP contribution in [0, 0.1) is 0 Å². The second kappa shape index (κ2) is 6.43. The van der Waals surface area contributed by atoms with E-state index in [1.165, 1.54) is 0 Å². The first-order valence-electron chi connectivity index (χ1n) is 7.90.